The Kier molecular flexibility index (Phi) is 3.63. The van der Waals surface area contributed by atoms with Crippen molar-refractivity contribution in [3.8, 4) is 0 Å². The molecule has 0 spiro atoms. The van der Waals surface area contributed by atoms with Crippen molar-refractivity contribution < 1.29 is 0 Å². The first-order valence-corrected chi connectivity index (χ1v) is 6.30. The summed E-state index contributed by atoms with van der Waals surface area (Å²) in [5.41, 5.74) is 7.63. The molecule has 0 unspecified atom stereocenters. The van der Waals surface area contributed by atoms with E-state index in [1.54, 1.807) is 18.6 Å². The predicted molar refractivity (Wildman–Crippen MR) is 67.8 cm³/mol. The number of rotatable bonds is 4. The second-order valence-electron chi connectivity index (χ2n) is 3.67. The van der Waals surface area contributed by atoms with Crippen LogP contribution in [0.3, 0.4) is 0 Å². The van der Waals surface area contributed by atoms with Crippen molar-refractivity contribution in [1.29, 1.82) is 0 Å². The monoisotopic (exact) mass is 249 g/mol. The number of nitrogen functional groups attached to an aromatic ring is 1. The quantitative estimate of drug-likeness (QED) is 0.898. The van der Waals surface area contributed by atoms with Crippen molar-refractivity contribution in [2.75, 3.05) is 5.73 Å². The lowest BCUT2D eigenvalue weighted by Crippen LogP contribution is -2.01. The summed E-state index contributed by atoms with van der Waals surface area (Å²) >= 11 is 1.50. The molecule has 0 aliphatic heterocycles. The molecule has 0 aliphatic rings. The second kappa shape index (κ2) is 5.18. The van der Waals surface area contributed by atoms with Gasteiger partial charge in [-0.3, -0.25) is 9.67 Å². The van der Waals surface area contributed by atoms with Gasteiger partial charge in [0.2, 0.25) is 0 Å². The lowest BCUT2D eigenvalue weighted by molar-refractivity contribution is 0.556. The lowest BCUT2D eigenvalue weighted by Gasteiger charge is -2.05. The van der Waals surface area contributed by atoms with Gasteiger partial charge in [0.15, 0.2) is 0 Å². The highest BCUT2D eigenvalue weighted by Gasteiger charge is 2.13. The van der Waals surface area contributed by atoms with Crippen LogP contribution in [-0.4, -0.2) is 19.7 Å². The maximum absolute atomic E-state index is 6.03. The van der Waals surface area contributed by atoms with Crippen LogP contribution in [0.5, 0.6) is 0 Å². The molecular formula is C11H15N5S. The van der Waals surface area contributed by atoms with E-state index in [0.717, 1.165) is 34.4 Å². The maximum atomic E-state index is 6.03. The van der Waals surface area contributed by atoms with Gasteiger partial charge in [0.1, 0.15) is 10.1 Å². The molecule has 90 valence electrons. The molecule has 5 nitrogen and oxygen atoms in total. The van der Waals surface area contributed by atoms with E-state index >= 15 is 0 Å². The van der Waals surface area contributed by atoms with E-state index in [-0.39, 0.29) is 0 Å². The smallest absolute Gasteiger partial charge is 0.124 e. The molecule has 6 heteroatoms. The number of nitrogens with zero attached hydrogens (tertiary/aromatic N) is 4. The Bertz CT molecular complexity index is 494. The van der Waals surface area contributed by atoms with E-state index in [0.29, 0.717) is 0 Å². The first-order chi connectivity index (χ1) is 8.22. The fraction of sp³-hybridized carbons (Fsp3) is 0.364. The summed E-state index contributed by atoms with van der Waals surface area (Å²) < 4.78 is 1.93. The minimum Gasteiger partial charge on any atom is -0.395 e. The van der Waals surface area contributed by atoms with E-state index in [1.165, 1.54) is 11.8 Å². The molecule has 0 fully saturated rings. The van der Waals surface area contributed by atoms with E-state index < -0.39 is 0 Å². The Morgan fingerprint density at radius 2 is 2.24 bits per heavy atom. The van der Waals surface area contributed by atoms with E-state index in [1.807, 2.05) is 11.6 Å². The molecule has 0 radical (unpaired) electrons. The van der Waals surface area contributed by atoms with Crippen molar-refractivity contribution in [3.63, 3.8) is 0 Å². The maximum Gasteiger partial charge on any atom is 0.124 e. The van der Waals surface area contributed by atoms with Crippen LogP contribution in [-0.2, 0) is 6.54 Å². The molecular weight excluding hydrogens is 234 g/mol. The normalized spacial score (nSPS) is 10.7. The fourth-order valence-electron chi connectivity index (χ4n) is 1.48. The van der Waals surface area contributed by atoms with Crippen molar-refractivity contribution in [2.24, 2.45) is 0 Å². The van der Waals surface area contributed by atoms with Gasteiger partial charge in [-0.05, 0) is 25.1 Å². The topological polar surface area (TPSA) is 69.6 Å². The zero-order valence-electron chi connectivity index (χ0n) is 9.92. The van der Waals surface area contributed by atoms with Gasteiger partial charge in [-0.2, -0.15) is 5.10 Å². The second-order valence-corrected chi connectivity index (χ2v) is 4.68. The highest BCUT2D eigenvalue weighted by molar-refractivity contribution is 7.99. The average molecular weight is 249 g/mol. The van der Waals surface area contributed by atoms with Crippen LogP contribution >= 0.6 is 11.8 Å². The first kappa shape index (κ1) is 11.9. The van der Waals surface area contributed by atoms with Crippen LogP contribution in [0.25, 0.3) is 0 Å². The number of nitrogens with two attached hydrogens (primary N) is 1. The summed E-state index contributed by atoms with van der Waals surface area (Å²) in [6.45, 7) is 4.90. The van der Waals surface area contributed by atoms with Gasteiger partial charge in [-0.25, -0.2) is 4.98 Å². The summed E-state index contributed by atoms with van der Waals surface area (Å²) in [6.07, 6.45) is 6.07. The third-order valence-electron chi connectivity index (χ3n) is 2.30. The van der Waals surface area contributed by atoms with E-state index in [9.17, 15) is 0 Å². The Labute approximate surface area is 104 Å². The molecule has 17 heavy (non-hydrogen) atoms. The minimum atomic E-state index is 0.731. The average Bonchev–Trinajstić information content (AvgIpc) is 2.59. The molecule has 2 aromatic rings. The zero-order valence-corrected chi connectivity index (χ0v) is 10.7. The fourth-order valence-corrected chi connectivity index (χ4v) is 2.40. The minimum absolute atomic E-state index is 0.731. The van der Waals surface area contributed by atoms with Gasteiger partial charge in [-0.1, -0.05) is 6.92 Å². The predicted octanol–water partition coefficient (Wildman–Crippen LogP) is 2.12. The number of hydrogen-bond donors (Lipinski definition) is 1. The van der Waals surface area contributed by atoms with Crippen LogP contribution in [0.4, 0.5) is 5.69 Å². The van der Waals surface area contributed by atoms with E-state index in [2.05, 4.69) is 22.0 Å². The Morgan fingerprint density at radius 1 is 1.41 bits per heavy atom. The van der Waals surface area contributed by atoms with Gasteiger partial charge >= 0.3 is 0 Å². The third kappa shape index (κ3) is 2.58. The van der Waals surface area contributed by atoms with Gasteiger partial charge in [-0.15, -0.1) is 0 Å². The molecule has 0 bridgehead atoms. The largest absolute Gasteiger partial charge is 0.395 e. The van der Waals surface area contributed by atoms with Gasteiger partial charge in [0, 0.05) is 18.9 Å². The highest BCUT2D eigenvalue weighted by atomic mass is 32.2. The van der Waals surface area contributed by atoms with E-state index in [4.69, 9.17) is 5.73 Å². The van der Waals surface area contributed by atoms with Crippen molar-refractivity contribution in [2.45, 2.75) is 36.9 Å². The standard InChI is InChI=1S/C11H15N5S/c1-3-6-16-11(10(12)8(2)15-16)17-9-7-13-4-5-14-9/h4-5,7H,3,6,12H2,1-2H3. The number of aromatic nitrogens is 4. The molecule has 0 saturated heterocycles. The van der Waals surface area contributed by atoms with Crippen molar-refractivity contribution in [1.82, 2.24) is 19.7 Å². The highest BCUT2D eigenvalue weighted by Crippen LogP contribution is 2.32. The third-order valence-corrected chi connectivity index (χ3v) is 3.35. The van der Waals surface area contributed by atoms with Gasteiger partial charge in [0.25, 0.3) is 0 Å². The Hall–Kier alpha value is -1.56. The first-order valence-electron chi connectivity index (χ1n) is 5.49. The molecule has 0 saturated carbocycles. The summed E-state index contributed by atoms with van der Waals surface area (Å²) in [5.74, 6) is 0. The van der Waals surface area contributed by atoms with Crippen LogP contribution < -0.4 is 5.73 Å². The Balaban J connectivity index is 2.31. The molecule has 2 aromatic heterocycles. The van der Waals surface area contributed by atoms with Crippen LogP contribution in [0.1, 0.15) is 19.0 Å². The number of hydrogen-bond acceptors (Lipinski definition) is 5. The van der Waals surface area contributed by atoms with Gasteiger partial charge in [0.05, 0.1) is 17.6 Å². The lowest BCUT2D eigenvalue weighted by atomic mass is 10.4. The van der Waals surface area contributed by atoms with Crippen LogP contribution in [0.2, 0.25) is 0 Å². The Morgan fingerprint density at radius 3 is 2.88 bits per heavy atom. The van der Waals surface area contributed by atoms with Crippen molar-refractivity contribution in [3.05, 3.63) is 24.3 Å². The molecule has 2 N–H and O–H groups in total. The molecule has 0 aliphatic carbocycles. The summed E-state index contributed by atoms with van der Waals surface area (Å²) in [5, 5.41) is 6.20. The van der Waals surface area contributed by atoms with Crippen LogP contribution in [0, 0.1) is 6.92 Å². The summed E-state index contributed by atoms with van der Waals surface area (Å²) in [6, 6.07) is 0. The number of aryl methyl sites for hydroxylation is 2. The molecule has 0 amide bonds. The molecule has 0 atom stereocenters. The van der Waals surface area contributed by atoms with Crippen molar-refractivity contribution >= 4 is 17.4 Å². The summed E-state index contributed by atoms with van der Waals surface area (Å²) in [4.78, 5) is 8.27. The molecule has 2 rings (SSSR count). The number of anilines is 1. The zero-order chi connectivity index (χ0) is 12.3. The SMILES string of the molecule is CCCn1nc(C)c(N)c1Sc1cnccn1. The summed E-state index contributed by atoms with van der Waals surface area (Å²) in [7, 11) is 0. The van der Waals surface area contributed by atoms with Crippen LogP contribution in [0.15, 0.2) is 28.6 Å². The molecule has 2 heterocycles. The molecule has 0 aromatic carbocycles. The van der Waals surface area contributed by atoms with Gasteiger partial charge < -0.3 is 5.73 Å².